The Morgan fingerprint density at radius 1 is 0.640 bits per heavy atom. The van der Waals surface area contributed by atoms with Crippen molar-refractivity contribution in [1.82, 2.24) is 0 Å². The zero-order valence-corrected chi connectivity index (χ0v) is 19.8. The van der Waals surface area contributed by atoms with Crippen molar-refractivity contribution in [3.05, 3.63) is 42.5 Å². The second-order valence-corrected chi connectivity index (χ2v) is 14.9. The number of halogens is 1. The molecule has 0 saturated heterocycles. The van der Waals surface area contributed by atoms with Gasteiger partial charge < -0.3 is 12.4 Å². The summed E-state index contributed by atoms with van der Waals surface area (Å²) in [5.74, 6) is 0. The number of unbranched alkanes of at least 4 members (excludes halogenated alkanes) is 7. The van der Waals surface area contributed by atoms with Crippen LogP contribution in [0.4, 0.5) is 0 Å². The molecule has 140 valence electrons. The van der Waals surface area contributed by atoms with Crippen molar-refractivity contribution in [1.29, 1.82) is 0 Å². The molecular weight excluding hydrogens is 433 g/mol. The SMILES string of the molecule is CCCCCCCCC[CH2][SbH+]([CH2]CC)[c]1cccc2ccccc12.[Cl-]. The van der Waals surface area contributed by atoms with Crippen LogP contribution in [0.1, 0.15) is 71.6 Å². The van der Waals surface area contributed by atoms with Crippen molar-refractivity contribution < 1.29 is 12.4 Å². The average Bonchev–Trinajstić information content (AvgIpc) is 2.62. The summed E-state index contributed by atoms with van der Waals surface area (Å²) in [5.41, 5.74) is 0. The van der Waals surface area contributed by atoms with Crippen LogP contribution in [0.3, 0.4) is 0 Å². The first kappa shape index (κ1) is 22.8. The van der Waals surface area contributed by atoms with Gasteiger partial charge in [-0.05, 0) is 0 Å². The monoisotopic (exact) mass is 468 g/mol. The molecule has 1 atom stereocenters. The Hall–Kier alpha value is -0.192. The van der Waals surface area contributed by atoms with Gasteiger partial charge in [0.15, 0.2) is 0 Å². The van der Waals surface area contributed by atoms with Crippen LogP contribution in [-0.4, -0.2) is 20.2 Å². The molecule has 0 heterocycles. The van der Waals surface area contributed by atoms with Gasteiger partial charge in [-0.2, -0.15) is 0 Å². The minimum Gasteiger partial charge on any atom is -1.00 e. The Labute approximate surface area is 169 Å². The predicted octanol–water partition coefficient (Wildman–Crippen LogP) is 3.83. The largest absolute Gasteiger partial charge is 1.00 e. The van der Waals surface area contributed by atoms with Crippen LogP contribution >= 0.6 is 0 Å². The smallest absolute Gasteiger partial charge is 1.00 e. The molecule has 0 spiro atoms. The zero-order chi connectivity index (χ0) is 17.0. The van der Waals surface area contributed by atoms with Crippen molar-refractivity contribution in [2.24, 2.45) is 0 Å². The van der Waals surface area contributed by atoms with Crippen molar-refractivity contribution in [2.45, 2.75) is 80.4 Å². The molecule has 0 bridgehead atoms. The molecule has 0 saturated carbocycles. The molecular formula is C23H36ClSb. The molecule has 1 unspecified atom stereocenters. The molecule has 25 heavy (non-hydrogen) atoms. The van der Waals surface area contributed by atoms with Gasteiger partial charge in [-0.3, -0.25) is 0 Å². The quantitative estimate of drug-likeness (QED) is 0.327. The molecule has 0 aliphatic heterocycles. The molecule has 0 radical (unpaired) electrons. The van der Waals surface area contributed by atoms with Gasteiger partial charge >= 0.3 is 157 Å². The molecule has 0 nitrogen and oxygen atoms in total. The van der Waals surface area contributed by atoms with E-state index >= 15 is 0 Å². The van der Waals surface area contributed by atoms with E-state index in [9.17, 15) is 0 Å². The fraction of sp³-hybridized carbons (Fsp3) is 0.565. The van der Waals surface area contributed by atoms with Crippen LogP contribution in [0.25, 0.3) is 10.8 Å². The van der Waals surface area contributed by atoms with E-state index in [4.69, 9.17) is 0 Å². The molecule has 0 amide bonds. The third kappa shape index (κ3) is 7.92. The fourth-order valence-electron chi connectivity index (χ4n) is 3.70. The molecule has 2 aromatic rings. The summed E-state index contributed by atoms with van der Waals surface area (Å²) in [6, 6.07) is 16.1. The molecule has 0 aliphatic rings. The molecule has 0 fully saturated rings. The molecule has 2 heteroatoms. The first-order chi connectivity index (χ1) is 11.9. The van der Waals surface area contributed by atoms with Crippen molar-refractivity contribution >= 4 is 34.5 Å². The summed E-state index contributed by atoms with van der Waals surface area (Å²) < 4.78 is 4.85. The molecule has 2 rings (SSSR count). The third-order valence-corrected chi connectivity index (χ3v) is 14.4. The van der Waals surface area contributed by atoms with E-state index in [1.54, 1.807) is 13.3 Å². The van der Waals surface area contributed by atoms with Crippen LogP contribution in [-0.2, 0) is 0 Å². The van der Waals surface area contributed by atoms with Gasteiger partial charge in [0.25, 0.3) is 0 Å². The summed E-state index contributed by atoms with van der Waals surface area (Å²) in [6.07, 6.45) is 12.9. The molecule has 2 aromatic carbocycles. The third-order valence-electron chi connectivity index (χ3n) is 5.05. The van der Waals surface area contributed by atoms with Crippen molar-refractivity contribution in [3.8, 4) is 0 Å². The minimum absolute atomic E-state index is 0. The van der Waals surface area contributed by atoms with E-state index in [-0.39, 0.29) is 12.4 Å². The Kier molecular flexibility index (Phi) is 12.7. The predicted molar refractivity (Wildman–Crippen MR) is 113 cm³/mol. The summed E-state index contributed by atoms with van der Waals surface area (Å²) in [5, 5.41) is 3.00. The van der Waals surface area contributed by atoms with E-state index in [0.717, 1.165) is 0 Å². The van der Waals surface area contributed by atoms with Crippen LogP contribution in [0, 0.1) is 0 Å². The number of fused-ring (bicyclic) bond motifs is 1. The number of benzene rings is 2. The van der Waals surface area contributed by atoms with Gasteiger partial charge in [0, 0.05) is 0 Å². The fourth-order valence-corrected chi connectivity index (χ4v) is 12.3. The Morgan fingerprint density at radius 3 is 2.00 bits per heavy atom. The van der Waals surface area contributed by atoms with Gasteiger partial charge in [0.2, 0.25) is 0 Å². The summed E-state index contributed by atoms with van der Waals surface area (Å²) in [4.78, 5) is 0. The molecule has 0 aromatic heterocycles. The second-order valence-electron chi connectivity index (χ2n) is 7.11. The van der Waals surface area contributed by atoms with E-state index in [1.807, 2.05) is 0 Å². The van der Waals surface area contributed by atoms with Crippen molar-refractivity contribution in [2.75, 3.05) is 0 Å². The first-order valence-corrected chi connectivity index (χ1v) is 15.7. The van der Waals surface area contributed by atoms with E-state index in [1.165, 1.54) is 67.5 Å². The minimum atomic E-state index is -1.46. The number of hydrogen-bond acceptors (Lipinski definition) is 0. The maximum Gasteiger partial charge on any atom is -1.00 e. The molecule has 0 aliphatic carbocycles. The number of hydrogen-bond donors (Lipinski definition) is 0. The summed E-state index contributed by atoms with van der Waals surface area (Å²) in [7, 11) is 0. The Morgan fingerprint density at radius 2 is 1.28 bits per heavy atom. The van der Waals surface area contributed by atoms with Crippen molar-refractivity contribution in [3.63, 3.8) is 0 Å². The summed E-state index contributed by atoms with van der Waals surface area (Å²) in [6.45, 7) is 4.67. The standard InChI is InChI=1S/C10H7.C10H21.C3H7.ClH.Sb.H/c1-2-6-10-8-4-3-7-9(10)5-1;1-3-5-7-9-10-8-6-4-2;1-3-2;;;/h1-7H;1,3-10H2,2H3;1,3H2,2H3;1H;;/q;;;;+1;/p-1. The Balaban J connectivity index is 0.00000312. The Bertz CT molecular complexity index is 576. The van der Waals surface area contributed by atoms with Crippen LogP contribution in [0.15, 0.2) is 42.5 Å². The van der Waals surface area contributed by atoms with Gasteiger partial charge in [0.05, 0.1) is 0 Å². The maximum absolute atomic E-state index is 2.46. The van der Waals surface area contributed by atoms with Crippen LogP contribution in [0.5, 0.6) is 0 Å². The summed E-state index contributed by atoms with van der Waals surface area (Å²) >= 11 is -1.46. The average molecular weight is 470 g/mol. The van der Waals surface area contributed by atoms with Gasteiger partial charge in [0.1, 0.15) is 0 Å². The van der Waals surface area contributed by atoms with E-state index < -0.39 is 20.2 Å². The normalized spacial score (nSPS) is 12.1. The topological polar surface area (TPSA) is 0 Å². The zero-order valence-electron chi connectivity index (χ0n) is 16.2. The van der Waals surface area contributed by atoms with Gasteiger partial charge in [-0.1, -0.05) is 0 Å². The van der Waals surface area contributed by atoms with Gasteiger partial charge in [-0.15, -0.1) is 0 Å². The maximum atomic E-state index is 2.46. The van der Waals surface area contributed by atoms with E-state index in [2.05, 4.69) is 56.3 Å². The number of rotatable bonds is 12. The molecule has 0 N–H and O–H groups in total. The van der Waals surface area contributed by atoms with Crippen LogP contribution < -0.4 is 15.9 Å². The van der Waals surface area contributed by atoms with Crippen LogP contribution in [0.2, 0.25) is 8.73 Å². The first-order valence-electron chi connectivity index (χ1n) is 10.2. The second kappa shape index (κ2) is 13.9. The van der Waals surface area contributed by atoms with Gasteiger partial charge in [-0.25, -0.2) is 0 Å². The van der Waals surface area contributed by atoms with E-state index in [0.29, 0.717) is 0 Å².